The predicted octanol–water partition coefficient (Wildman–Crippen LogP) is 2.23. The maximum absolute atomic E-state index is 12.6. The molecule has 1 aromatic heterocycles. The normalized spacial score (nSPS) is 11.3. The standard InChI is InChI=1S/C16H15F3N2O2/c17-16(18,19)13-7-4-10-21(15(13)23)11-14(22)20-9-8-12-5-2-1-3-6-12/h1-7,10H,8-9,11H2,(H,20,22). The Morgan fingerprint density at radius 2 is 1.78 bits per heavy atom. The molecule has 0 bridgehead atoms. The van der Waals surface area contributed by atoms with Crippen molar-refractivity contribution in [3.63, 3.8) is 0 Å². The average Bonchev–Trinajstić information content (AvgIpc) is 2.49. The van der Waals surface area contributed by atoms with Gasteiger partial charge in [0.25, 0.3) is 5.56 Å². The van der Waals surface area contributed by atoms with E-state index in [1.807, 2.05) is 30.3 Å². The van der Waals surface area contributed by atoms with Gasteiger partial charge in [0.2, 0.25) is 5.91 Å². The van der Waals surface area contributed by atoms with Gasteiger partial charge in [-0.3, -0.25) is 9.59 Å². The van der Waals surface area contributed by atoms with Crippen molar-refractivity contribution in [2.24, 2.45) is 0 Å². The Morgan fingerprint density at radius 1 is 1.09 bits per heavy atom. The summed E-state index contributed by atoms with van der Waals surface area (Å²) in [5, 5.41) is 2.59. The summed E-state index contributed by atoms with van der Waals surface area (Å²) >= 11 is 0. The van der Waals surface area contributed by atoms with Crippen molar-refractivity contribution in [3.8, 4) is 0 Å². The molecule has 0 atom stereocenters. The van der Waals surface area contributed by atoms with Gasteiger partial charge in [-0.25, -0.2) is 0 Å². The summed E-state index contributed by atoms with van der Waals surface area (Å²) in [6.45, 7) is -0.103. The smallest absolute Gasteiger partial charge is 0.354 e. The molecule has 1 heterocycles. The van der Waals surface area contributed by atoms with Gasteiger partial charge in [0, 0.05) is 12.7 Å². The van der Waals surface area contributed by atoms with E-state index in [1.165, 1.54) is 0 Å². The number of rotatable bonds is 5. The number of carbonyl (C=O) groups is 1. The summed E-state index contributed by atoms with van der Waals surface area (Å²) < 4.78 is 38.7. The molecular formula is C16H15F3N2O2. The third-order valence-electron chi connectivity index (χ3n) is 3.22. The zero-order chi connectivity index (χ0) is 16.9. The summed E-state index contributed by atoms with van der Waals surface area (Å²) in [4.78, 5) is 23.5. The molecule has 0 aliphatic heterocycles. The van der Waals surface area contributed by atoms with Gasteiger partial charge in [-0.15, -0.1) is 0 Å². The van der Waals surface area contributed by atoms with E-state index < -0.39 is 29.8 Å². The fourth-order valence-electron chi connectivity index (χ4n) is 2.08. The van der Waals surface area contributed by atoms with Crippen LogP contribution in [0.15, 0.2) is 53.5 Å². The molecule has 1 aromatic carbocycles. The first-order chi connectivity index (χ1) is 10.9. The van der Waals surface area contributed by atoms with Gasteiger partial charge in [-0.2, -0.15) is 13.2 Å². The molecule has 0 saturated heterocycles. The number of benzene rings is 1. The number of alkyl halides is 3. The minimum absolute atomic E-state index is 0.344. The highest BCUT2D eigenvalue weighted by Gasteiger charge is 2.34. The third-order valence-corrected chi connectivity index (χ3v) is 3.22. The SMILES string of the molecule is O=C(Cn1cccc(C(F)(F)F)c1=O)NCCc1ccccc1. The Labute approximate surface area is 130 Å². The van der Waals surface area contributed by atoms with Crippen molar-refractivity contribution in [1.82, 2.24) is 9.88 Å². The summed E-state index contributed by atoms with van der Waals surface area (Å²) in [5.74, 6) is -0.512. The molecule has 0 fully saturated rings. The van der Waals surface area contributed by atoms with Crippen LogP contribution in [-0.2, 0) is 23.9 Å². The van der Waals surface area contributed by atoms with E-state index in [0.29, 0.717) is 19.0 Å². The molecule has 7 heteroatoms. The molecule has 1 amide bonds. The molecule has 0 radical (unpaired) electrons. The average molecular weight is 324 g/mol. The lowest BCUT2D eigenvalue weighted by Gasteiger charge is -2.10. The number of hydrogen-bond donors (Lipinski definition) is 1. The van der Waals surface area contributed by atoms with E-state index in [2.05, 4.69) is 5.32 Å². The number of aromatic nitrogens is 1. The summed E-state index contributed by atoms with van der Waals surface area (Å²) in [6, 6.07) is 11.2. The number of nitrogens with zero attached hydrogens (tertiary/aromatic N) is 1. The Balaban J connectivity index is 1.94. The van der Waals surface area contributed by atoms with Crippen molar-refractivity contribution in [2.45, 2.75) is 19.1 Å². The van der Waals surface area contributed by atoms with E-state index in [1.54, 1.807) is 0 Å². The molecular weight excluding hydrogens is 309 g/mol. The van der Waals surface area contributed by atoms with Crippen LogP contribution in [0.1, 0.15) is 11.1 Å². The van der Waals surface area contributed by atoms with Crippen LogP contribution in [0.5, 0.6) is 0 Å². The predicted molar refractivity (Wildman–Crippen MR) is 78.9 cm³/mol. The third kappa shape index (κ3) is 4.70. The highest BCUT2D eigenvalue weighted by atomic mass is 19.4. The Bertz CT molecular complexity index is 724. The molecule has 0 spiro atoms. The van der Waals surface area contributed by atoms with Gasteiger partial charge < -0.3 is 9.88 Å². The Kier molecular flexibility index (Phi) is 5.20. The van der Waals surface area contributed by atoms with Gasteiger partial charge in [0.05, 0.1) is 0 Å². The molecule has 2 aromatic rings. The van der Waals surface area contributed by atoms with Crippen LogP contribution >= 0.6 is 0 Å². The zero-order valence-corrected chi connectivity index (χ0v) is 12.1. The molecule has 122 valence electrons. The molecule has 2 rings (SSSR count). The first kappa shape index (κ1) is 16.8. The molecule has 0 saturated carbocycles. The van der Waals surface area contributed by atoms with E-state index in [4.69, 9.17) is 0 Å². The molecule has 0 unspecified atom stereocenters. The minimum atomic E-state index is -4.73. The fraction of sp³-hybridized carbons (Fsp3) is 0.250. The second-order valence-corrected chi connectivity index (χ2v) is 4.94. The first-order valence-corrected chi connectivity index (χ1v) is 6.95. The van der Waals surface area contributed by atoms with Crippen molar-refractivity contribution in [1.29, 1.82) is 0 Å². The molecule has 0 aliphatic rings. The number of pyridine rings is 1. The molecule has 4 nitrogen and oxygen atoms in total. The van der Waals surface area contributed by atoms with E-state index in [9.17, 15) is 22.8 Å². The maximum Gasteiger partial charge on any atom is 0.421 e. The highest BCUT2D eigenvalue weighted by Crippen LogP contribution is 2.25. The second kappa shape index (κ2) is 7.13. The lowest BCUT2D eigenvalue weighted by atomic mass is 10.1. The van der Waals surface area contributed by atoms with Gasteiger partial charge in [0.15, 0.2) is 0 Å². The van der Waals surface area contributed by atoms with Crippen LogP contribution in [0, 0.1) is 0 Å². The molecule has 23 heavy (non-hydrogen) atoms. The first-order valence-electron chi connectivity index (χ1n) is 6.95. The van der Waals surface area contributed by atoms with E-state index >= 15 is 0 Å². The number of nitrogens with one attached hydrogen (secondary N) is 1. The van der Waals surface area contributed by atoms with E-state index in [0.717, 1.165) is 22.4 Å². The van der Waals surface area contributed by atoms with Crippen molar-refractivity contribution in [2.75, 3.05) is 6.54 Å². The molecule has 1 N–H and O–H groups in total. The molecule has 0 aliphatic carbocycles. The van der Waals surface area contributed by atoms with Gasteiger partial charge in [-0.1, -0.05) is 30.3 Å². The van der Waals surface area contributed by atoms with Crippen LogP contribution in [0.2, 0.25) is 0 Å². The highest BCUT2D eigenvalue weighted by molar-refractivity contribution is 5.75. The Morgan fingerprint density at radius 3 is 2.43 bits per heavy atom. The van der Waals surface area contributed by atoms with Gasteiger partial charge in [-0.05, 0) is 24.1 Å². The number of carbonyl (C=O) groups excluding carboxylic acids is 1. The van der Waals surface area contributed by atoms with Crippen LogP contribution in [0.4, 0.5) is 13.2 Å². The number of halogens is 3. The van der Waals surface area contributed by atoms with Gasteiger partial charge in [0.1, 0.15) is 12.1 Å². The summed E-state index contributed by atoms with van der Waals surface area (Å²) in [5.41, 5.74) is -1.47. The topological polar surface area (TPSA) is 51.1 Å². The second-order valence-electron chi connectivity index (χ2n) is 4.94. The van der Waals surface area contributed by atoms with Crippen LogP contribution in [0.3, 0.4) is 0 Å². The maximum atomic E-state index is 12.6. The number of hydrogen-bond acceptors (Lipinski definition) is 2. The zero-order valence-electron chi connectivity index (χ0n) is 12.1. The number of amides is 1. The van der Waals surface area contributed by atoms with Crippen LogP contribution in [-0.4, -0.2) is 17.0 Å². The summed E-state index contributed by atoms with van der Waals surface area (Å²) in [7, 11) is 0. The van der Waals surface area contributed by atoms with E-state index in [-0.39, 0.29) is 0 Å². The quantitative estimate of drug-likeness (QED) is 0.917. The largest absolute Gasteiger partial charge is 0.421 e. The Hall–Kier alpha value is -2.57. The van der Waals surface area contributed by atoms with Crippen LogP contribution < -0.4 is 10.9 Å². The summed E-state index contributed by atoms with van der Waals surface area (Å²) in [6.07, 6.45) is -2.97. The lowest BCUT2D eigenvalue weighted by molar-refractivity contribution is -0.139. The van der Waals surface area contributed by atoms with Crippen molar-refractivity contribution >= 4 is 5.91 Å². The van der Waals surface area contributed by atoms with Crippen LogP contribution in [0.25, 0.3) is 0 Å². The van der Waals surface area contributed by atoms with Crippen molar-refractivity contribution in [3.05, 3.63) is 70.1 Å². The minimum Gasteiger partial charge on any atom is -0.354 e. The lowest BCUT2D eigenvalue weighted by Crippen LogP contribution is -2.35. The fourth-order valence-corrected chi connectivity index (χ4v) is 2.08. The van der Waals surface area contributed by atoms with Crippen molar-refractivity contribution < 1.29 is 18.0 Å². The monoisotopic (exact) mass is 324 g/mol. The van der Waals surface area contributed by atoms with Gasteiger partial charge >= 0.3 is 6.18 Å².